The zero-order chi connectivity index (χ0) is 13.8. The molecule has 3 nitrogen and oxygen atoms in total. The summed E-state index contributed by atoms with van der Waals surface area (Å²) in [7, 11) is 3.30. The first-order chi connectivity index (χ1) is 9.17. The van der Waals surface area contributed by atoms with E-state index >= 15 is 0 Å². The van der Waals surface area contributed by atoms with Crippen molar-refractivity contribution in [3.05, 3.63) is 47.5 Å². The van der Waals surface area contributed by atoms with Gasteiger partial charge in [0.15, 0.2) is 0 Å². The number of nitrogens with two attached hydrogens (primary N) is 1. The summed E-state index contributed by atoms with van der Waals surface area (Å²) in [6, 6.07) is 12.1. The third-order valence-electron chi connectivity index (χ3n) is 3.15. The van der Waals surface area contributed by atoms with Crippen LogP contribution in [-0.4, -0.2) is 14.2 Å². The van der Waals surface area contributed by atoms with Gasteiger partial charge in [0.25, 0.3) is 0 Å². The quantitative estimate of drug-likeness (QED) is 0.915. The van der Waals surface area contributed by atoms with Gasteiger partial charge in [0, 0.05) is 12.6 Å². The molecule has 0 aromatic heterocycles. The van der Waals surface area contributed by atoms with E-state index in [1.807, 2.05) is 18.2 Å². The maximum atomic E-state index is 5.82. The first-order valence-electron chi connectivity index (χ1n) is 6.21. The maximum absolute atomic E-state index is 5.82. The van der Waals surface area contributed by atoms with Crippen LogP contribution in [0, 0.1) is 6.92 Å². The normalized spacial score (nSPS) is 10.3. The van der Waals surface area contributed by atoms with Gasteiger partial charge < -0.3 is 15.2 Å². The van der Waals surface area contributed by atoms with Crippen molar-refractivity contribution in [2.24, 2.45) is 5.73 Å². The van der Waals surface area contributed by atoms with Crippen molar-refractivity contribution < 1.29 is 9.47 Å². The van der Waals surface area contributed by atoms with Crippen LogP contribution in [0.2, 0.25) is 0 Å². The van der Waals surface area contributed by atoms with E-state index < -0.39 is 0 Å². The zero-order valence-corrected chi connectivity index (χ0v) is 11.6. The van der Waals surface area contributed by atoms with Gasteiger partial charge in [-0.3, -0.25) is 0 Å². The van der Waals surface area contributed by atoms with Crippen LogP contribution in [0.1, 0.15) is 11.1 Å². The van der Waals surface area contributed by atoms with Crippen molar-refractivity contribution in [3.63, 3.8) is 0 Å². The molecule has 2 aromatic carbocycles. The van der Waals surface area contributed by atoms with Gasteiger partial charge in [0.2, 0.25) is 0 Å². The monoisotopic (exact) mass is 257 g/mol. The molecule has 0 radical (unpaired) electrons. The van der Waals surface area contributed by atoms with Gasteiger partial charge in [-0.1, -0.05) is 23.8 Å². The molecular weight excluding hydrogens is 238 g/mol. The SMILES string of the molecule is COc1cc(OC)cc(-c2cc(C)ccc2CN)c1. The molecule has 2 rings (SSSR count). The molecular formula is C16H19NO2. The third-order valence-corrected chi connectivity index (χ3v) is 3.15. The van der Waals surface area contributed by atoms with Crippen molar-refractivity contribution in [1.29, 1.82) is 0 Å². The van der Waals surface area contributed by atoms with E-state index in [4.69, 9.17) is 15.2 Å². The summed E-state index contributed by atoms with van der Waals surface area (Å²) < 4.78 is 10.6. The smallest absolute Gasteiger partial charge is 0.123 e. The third kappa shape index (κ3) is 2.88. The van der Waals surface area contributed by atoms with Crippen LogP contribution >= 0.6 is 0 Å². The lowest BCUT2D eigenvalue weighted by molar-refractivity contribution is 0.394. The van der Waals surface area contributed by atoms with Gasteiger partial charge in [-0.25, -0.2) is 0 Å². The van der Waals surface area contributed by atoms with Gasteiger partial charge >= 0.3 is 0 Å². The zero-order valence-electron chi connectivity index (χ0n) is 11.6. The average molecular weight is 257 g/mol. The summed E-state index contributed by atoms with van der Waals surface area (Å²) in [4.78, 5) is 0. The lowest BCUT2D eigenvalue weighted by Gasteiger charge is -2.12. The summed E-state index contributed by atoms with van der Waals surface area (Å²) in [5.41, 5.74) is 10.3. The minimum atomic E-state index is 0.509. The van der Waals surface area contributed by atoms with Gasteiger partial charge in [0.05, 0.1) is 14.2 Å². The minimum absolute atomic E-state index is 0.509. The molecule has 0 saturated heterocycles. The predicted molar refractivity (Wildman–Crippen MR) is 77.6 cm³/mol. The molecule has 0 unspecified atom stereocenters. The highest BCUT2D eigenvalue weighted by atomic mass is 16.5. The summed E-state index contributed by atoms with van der Waals surface area (Å²) in [5, 5.41) is 0. The van der Waals surface area contributed by atoms with E-state index in [1.54, 1.807) is 14.2 Å². The molecule has 0 bridgehead atoms. The van der Waals surface area contributed by atoms with E-state index in [1.165, 1.54) is 5.56 Å². The molecule has 0 amide bonds. The lowest BCUT2D eigenvalue weighted by Crippen LogP contribution is -1.99. The van der Waals surface area contributed by atoms with Crippen LogP contribution in [0.5, 0.6) is 11.5 Å². The fraction of sp³-hybridized carbons (Fsp3) is 0.250. The number of hydrogen-bond donors (Lipinski definition) is 1. The van der Waals surface area contributed by atoms with Gasteiger partial charge in [0.1, 0.15) is 11.5 Å². The van der Waals surface area contributed by atoms with Crippen molar-refractivity contribution in [1.82, 2.24) is 0 Å². The Bertz CT molecular complexity index is 557. The molecule has 0 saturated carbocycles. The van der Waals surface area contributed by atoms with Crippen molar-refractivity contribution in [2.45, 2.75) is 13.5 Å². The molecule has 3 heteroatoms. The summed E-state index contributed by atoms with van der Waals surface area (Å²) in [6.07, 6.45) is 0. The first kappa shape index (κ1) is 13.4. The van der Waals surface area contributed by atoms with Crippen molar-refractivity contribution in [2.75, 3.05) is 14.2 Å². The Morgan fingerprint density at radius 1 is 0.947 bits per heavy atom. The van der Waals surface area contributed by atoms with Gasteiger partial charge in [-0.2, -0.15) is 0 Å². The van der Waals surface area contributed by atoms with Crippen LogP contribution in [-0.2, 0) is 6.54 Å². The largest absolute Gasteiger partial charge is 0.497 e. The van der Waals surface area contributed by atoms with E-state index in [-0.39, 0.29) is 0 Å². The second-order valence-electron chi connectivity index (χ2n) is 4.47. The van der Waals surface area contributed by atoms with E-state index in [2.05, 4.69) is 25.1 Å². The Morgan fingerprint density at radius 3 is 2.11 bits per heavy atom. The average Bonchev–Trinajstić information content (AvgIpc) is 2.46. The number of benzene rings is 2. The van der Waals surface area contributed by atoms with Crippen LogP contribution in [0.15, 0.2) is 36.4 Å². The van der Waals surface area contributed by atoms with Gasteiger partial charge in [-0.05, 0) is 35.7 Å². The predicted octanol–water partition coefficient (Wildman–Crippen LogP) is 3.14. The molecule has 0 spiro atoms. The second kappa shape index (κ2) is 5.76. The molecule has 100 valence electrons. The molecule has 0 heterocycles. The standard InChI is InChI=1S/C16H19NO2/c1-11-4-5-12(10-17)16(6-11)13-7-14(18-2)9-15(8-13)19-3/h4-9H,10,17H2,1-3H3. The fourth-order valence-electron chi connectivity index (χ4n) is 2.10. The van der Waals surface area contributed by atoms with Crippen molar-refractivity contribution in [3.8, 4) is 22.6 Å². The van der Waals surface area contributed by atoms with Crippen molar-refractivity contribution >= 4 is 0 Å². The highest BCUT2D eigenvalue weighted by Gasteiger charge is 2.08. The Hall–Kier alpha value is -2.00. The highest BCUT2D eigenvalue weighted by molar-refractivity contribution is 5.71. The van der Waals surface area contributed by atoms with E-state index in [9.17, 15) is 0 Å². The lowest BCUT2D eigenvalue weighted by atomic mass is 9.97. The Kier molecular flexibility index (Phi) is 4.07. The van der Waals surface area contributed by atoms with Crippen LogP contribution in [0.25, 0.3) is 11.1 Å². The first-order valence-corrected chi connectivity index (χ1v) is 6.21. The molecule has 0 aliphatic carbocycles. The minimum Gasteiger partial charge on any atom is -0.497 e. The molecule has 0 atom stereocenters. The number of hydrogen-bond acceptors (Lipinski definition) is 3. The Labute approximate surface area is 114 Å². The topological polar surface area (TPSA) is 44.5 Å². The van der Waals surface area contributed by atoms with E-state index in [0.717, 1.165) is 28.2 Å². The highest BCUT2D eigenvalue weighted by Crippen LogP contribution is 2.32. The summed E-state index contributed by atoms with van der Waals surface area (Å²) in [6.45, 7) is 2.58. The maximum Gasteiger partial charge on any atom is 0.123 e. The number of methoxy groups -OCH3 is 2. The summed E-state index contributed by atoms with van der Waals surface area (Å²) >= 11 is 0. The van der Waals surface area contributed by atoms with Crippen LogP contribution in [0.3, 0.4) is 0 Å². The van der Waals surface area contributed by atoms with E-state index in [0.29, 0.717) is 6.54 Å². The van der Waals surface area contributed by atoms with Crippen LogP contribution in [0.4, 0.5) is 0 Å². The number of ether oxygens (including phenoxy) is 2. The number of rotatable bonds is 4. The van der Waals surface area contributed by atoms with Crippen LogP contribution < -0.4 is 15.2 Å². The molecule has 0 fully saturated rings. The fourth-order valence-corrected chi connectivity index (χ4v) is 2.10. The number of aryl methyl sites for hydroxylation is 1. The molecule has 2 N–H and O–H groups in total. The Morgan fingerprint density at radius 2 is 1.58 bits per heavy atom. The molecule has 2 aromatic rings. The molecule has 0 aliphatic heterocycles. The van der Waals surface area contributed by atoms with Gasteiger partial charge in [-0.15, -0.1) is 0 Å². The summed E-state index contributed by atoms with van der Waals surface area (Å²) in [5.74, 6) is 1.55. The molecule has 19 heavy (non-hydrogen) atoms. The molecule has 0 aliphatic rings. The second-order valence-corrected chi connectivity index (χ2v) is 4.47. The Balaban J connectivity index is 2.60.